The van der Waals surface area contributed by atoms with Crippen LogP contribution in [0.4, 0.5) is 0 Å². The van der Waals surface area contributed by atoms with Crippen LogP contribution >= 0.6 is 0 Å². The summed E-state index contributed by atoms with van der Waals surface area (Å²) in [7, 11) is 0. The SMILES string of the molecule is CC/C=C\C/C=C\C/C=C\C/C=C\C/C=C\C/C=C\CCCCCCCCCC(O)C(=O)NC(COC1OC(CO)C(O)C(O)C1OC(=O)CCCCCCC/C=C\C/C=C\C/C=C\C/C=C\C/C=C\CC)C(O)/C=C/CCCCCCCCCCCC. The van der Waals surface area contributed by atoms with E-state index in [-0.39, 0.29) is 19.4 Å². The molecule has 8 atom stereocenters. The third kappa shape index (κ3) is 49.3. The lowest BCUT2D eigenvalue weighted by Crippen LogP contribution is -2.61. The molecule has 6 N–H and O–H groups in total. The third-order valence-corrected chi connectivity index (χ3v) is 15.5. The molecule has 1 saturated heterocycles. The summed E-state index contributed by atoms with van der Waals surface area (Å²) in [5.41, 5.74) is 0. The lowest BCUT2D eigenvalue weighted by Gasteiger charge is -2.41. The van der Waals surface area contributed by atoms with E-state index in [4.69, 9.17) is 14.2 Å². The van der Waals surface area contributed by atoms with Crippen LogP contribution in [-0.2, 0) is 23.8 Å². The van der Waals surface area contributed by atoms with Gasteiger partial charge in [-0.2, -0.15) is 0 Å². The highest BCUT2D eigenvalue weighted by Crippen LogP contribution is 2.26. The summed E-state index contributed by atoms with van der Waals surface area (Å²) in [5.74, 6) is -1.23. The standard InChI is InChI=1S/C77H127NO10/c1-4-7-10-13-16-19-22-25-27-29-31-33-34-35-36-37-39-40-42-44-46-49-52-55-58-61-64-70(81)76(85)78-68(69(80)63-60-57-54-51-48-24-21-18-15-12-9-6-3)67-86-77-75(74(84)73(83)71(66-79)87-77)88-72(82)65-62-59-56-53-50-47-45-43-41-38-32-30-28-26-23-20-17-14-11-8-5-2/h7-8,10-11,16-17,19-20,25-28,31-33,35-36,38-40,43,45,60,63,68-71,73-75,77,79-81,83-84H,4-6,9,12-15,18,21-24,29-30,34,37,41-42,44,46-59,61-62,64-67H2,1-3H3,(H,78,85)/b10-7-,11-8-,19-16-,20-17-,27-25-,28-26-,33-31-,36-35-,38-32-,40-39-,45-43-,63-60+. The van der Waals surface area contributed by atoms with E-state index in [1.165, 1.54) is 51.4 Å². The maximum atomic E-state index is 13.5. The van der Waals surface area contributed by atoms with Crippen LogP contribution in [0.1, 0.15) is 265 Å². The first kappa shape index (κ1) is 81.6. The lowest BCUT2D eigenvalue weighted by molar-refractivity contribution is -0.305. The smallest absolute Gasteiger partial charge is 0.306 e. The maximum absolute atomic E-state index is 13.5. The molecule has 0 radical (unpaired) electrons. The van der Waals surface area contributed by atoms with Crippen molar-refractivity contribution in [3.63, 3.8) is 0 Å². The molecule has 0 saturated carbocycles. The molecular weight excluding hydrogens is 1100 g/mol. The van der Waals surface area contributed by atoms with Crippen LogP contribution in [0.25, 0.3) is 0 Å². The molecule has 0 bridgehead atoms. The molecule has 0 spiro atoms. The molecule has 0 aromatic carbocycles. The predicted molar refractivity (Wildman–Crippen MR) is 370 cm³/mol. The van der Waals surface area contributed by atoms with E-state index in [1.54, 1.807) is 6.08 Å². The molecule has 1 amide bonds. The number of ether oxygens (including phenoxy) is 3. The number of carbonyl (C=O) groups is 2. The molecule has 1 fully saturated rings. The Labute approximate surface area is 536 Å². The minimum atomic E-state index is -1.63. The zero-order valence-electron chi connectivity index (χ0n) is 55.5. The summed E-state index contributed by atoms with van der Waals surface area (Å²) in [6.07, 6.45) is 80.2. The van der Waals surface area contributed by atoms with E-state index in [2.05, 4.69) is 160 Å². The summed E-state index contributed by atoms with van der Waals surface area (Å²) in [4.78, 5) is 26.7. The fourth-order valence-electron chi connectivity index (χ4n) is 10.0. The zero-order chi connectivity index (χ0) is 63.9. The van der Waals surface area contributed by atoms with Crippen molar-refractivity contribution in [3.8, 4) is 0 Å². The summed E-state index contributed by atoms with van der Waals surface area (Å²) < 4.78 is 17.7. The van der Waals surface area contributed by atoms with Gasteiger partial charge in [-0.15, -0.1) is 0 Å². The van der Waals surface area contributed by atoms with Crippen LogP contribution in [0.5, 0.6) is 0 Å². The molecule has 1 aliphatic heterocycles. The van der Waals surface area contributed by atoms with Crippen molar-refractivity contribution >= 4 is 11.9 Å². The highest BCUT2D eigenvalue weighted by Gasteiger charge is 2.47. The molecule has 11 heteroatoms. The topological polar surface area (TPSA) is 175 Å². The van der Waals surface area contributed by atoms with E-state index in [9.17, 15) is 35.1 Å². The number of amides is 1. The van der Waals surface area contributed by atoms with Gasteiger partial charge < -0.3 is 45.1 Å². The first-order valence-corrected chi connectivity index (χ1v) is 35.1. The zero-order valence-corrected chi connectivity index (χ0v) is 55.5. The molecule has 1 rings (SSSR count). The second kappa shape index (κ2) is 62.7. The number of allylic oxidation sites excluding steroid dienone is 23. The Hall–Kier alpha value is -4.46. The molecule has 1 aliphatic rings. The Balaban J connectivity index is 2.62. The number of nitrogens with one attached hydrogen (secondary N) is 1. The first-order chi connectivity index (χ1) is 43.2. The number of aliphatic hydroxyl groups excluding tert-OH is 5. The minimum Gasteiger partial charge on any atom is -0.454 e. The molecule has 11 nitrogen and oxygen atoms in total. The van der Waals surface area contributed by atoms with Gasteiger partial charge in [-0.25, -0.2) is 0 Å². The van der Waals surface area contributed by atoms with Gasteiger partial charge in [-0.05, 0) is 122 Å². The van der Waals surface area contributed by atoms with Gasteiger partial charge in [0.1, 0.15) is 24.4 Å². The normalized spacial score (nSPS) is 19.1. The van der Waals surface area contributed by atoms with Crippen LogP contribution in [0.2, 0.25) is 0 Å². The monoisotopic (exact) mass is 1230 g/mol. The summed E-state index contributed by atoms with van der Waals surface area (Å²) >= 11 is 0. The van der Waals surface area contributed by atoms with Crippen LogP contribution in [-0.4, -0.2) is 99.6 Å². The fourth-order valence-corrected chi connectivity index (χ4v) is 10.0. The van der Waals surface area contributed by atoms with E-state index in [0.29, 0.717) is 12.8 Å². The average molecular weight is 1230 g/mol. The lowest BCUT2D eigenvalue weighted by atomic mass is 9.99. The van der Waals surface area contributed by atoms with Crippen LogP contribution in [0, 0.1) is 0 Å². The van der Waals surface area contributed by atoms with Crippen molar-refractivity contribution in [2.24, 2.45) is 0 Å². The quantitative estimate of drug-likeness (QED) is 0.0195. The van der Waals surface area contributed by atoms with Crippen LogP contribution in [0.15, 0.2) is 146 Å². The van der Waals surface area contributed by atoms with Crippen molar-refractivity contribution in [1.82, 2.24) is 5.32 Å². The van der Waals surface area contributed by atoms with E-state index in [1.807, 2.05) is 6.08 Å². The maximum Gasteiger partial charge on any atom is 0.306 e. The summed E-state index contributed by atoms with van der Waals surface area (Å²) in [6.45, 7) is 5.55. The van der Waals surface area contributed by atoms with Gasteiger partial charge in [-0.1, -0.05) is 282 Å². The molecule has 0 aromatic rings. The second-order valence-corrected chi connectivity index (χ2v) is 23.5. The number of hydrogen-bond acceptors (Lipinski definition) is 10. The summed E-state index contributed by atoms with van der Waals surface area (Å²) in [6, 6.07) is -1.04. The van der Waals surface area contributed by atoms with Gasteiger partial charge in [0.05, 0.1) is 25.4 Å². The number of carbonyl (C=O) groups excluding carboxylic acids is 2. The first-order valence-electron chi connectivity index (χ1n) is 35.1. The molecule has 8 unspecified atom stereocenters. The van der Waals surface area contributed by atoms with Gasteiger partial charge in [0.15, 0.2) is 12.4 Å². The molecular formula is C77H127NO10. The van der Waals surface area contributed by atoms with Crippen LogP contribution in [0.3, 0.4) is 0 Å². The van der Waals surface area contributed by atoms with Gasteiger partial charge in [0.2, 0.25) is 5.91 Å². The van der Waals surface area contributed by atoms with Crippen molar-refractivity contribution < 1.29 is 49.3 Å². The van der Waals surface area contributed by atoms with Crippen molar-refractivity contribution in [2.45, 2.75) is 314 Å². The van der Waals surface area contributed by atoms with Gasteiger partial charge in [0, 0.05) is 6.42 Å². The van der Waals surface area contributed by atoms with E-state index >= 15 is 0 Å². The Morgan fingerprint density at radius 1 is 0.455 bits per heavy atom. The van der Waals surface area contributed by atoms with Gasteiger partial charge >= 0.3 is 5.97 Å². The number of esters is 1. The Morgan fingerprint density at radius 3 is 1.23 bits per heavy atom. The second-order valence-electron chi connectivity index (χ2n) is 23.5. The Kier molecular flexibility index (Phi) is 58.1. The minimum absolute atomic E-state index is 0.0924. The molecule has 0 aromatic heterocycles. The number of rotatable bonds is 58. The average Bonchev–Trinajstić information content (AvgIpc) is 1.25. The highest BCUT2D eigenvalue weighted by atomic mass is 16.7. The largest absolute Gasteiger partial charge is 0.454 e. The molecule has 1 heterocycles. The Bertz CT molecular complexity index is 1990. The van der Waals surface area contributed by atoms with E-state index < -0.39 is 67.4 Å². The number of unbranched alkanes of at least 4 members (excludes halogenated alkanes) is 22. The summed E-state index contributed by atoms with van der Waals surface area (Å²) in [5, 5.41) is 57.2. The fraction of sp³-hybridized carbons (Fsp3) is 0.662. The number of hydrogen-bond donors (Lipinski definition) is 6. The number of aliphatic hydroxyl groups is 5. The van der Waals surface area contributed by atoms with Crippen molar-refractivity contribution in [3.05, 3.63) is 146 Å². The van der Waals surface area contributed by atoms with Crippen molar-refractivity contribution in [2.75, 3.05) is 13.2 Å². The Morgan fingerprint density at radius 2 is 0.818 bits per heavy atom. The van der Waals surface area contributed by atoms with Crippen molar-refractivity contribution in [1.29, 1.82) is 0 Å². The van der Waals surface area contributed by atoms with Gasteiger partial charge in [-0.3, -0.25) is 9.59 Å². The molecule has 0 aliphatic carbocycles. The molecule has 500 valence electrons. The predicted octanol–water partition coefficient (Wildman–Crippen LogP) is 18.1. The molecule has 88 heavy (non-hydrogen) atoms. The van der Waals surface area contributed by atoms with E-state index in [0.717, 1.165) is 167 Å². The van der Waals surface area contributed by atoms with Crippen LogP contribution < -0.4 is 5.32 Å². The highest BCUT2D eigenvalue weighted by molar-refractivity contribution is 5.80. The third-order valence-electron chi connectivity index (χ3n) is 15.5. The van der Waals surface area contributed by atoms with Gasteiger partial charge in [0.25, 0.3) is 0 Å².